The van der Waals surface area contributed by atoms with Crippen LogP contribution in [0, 0.1) is 13.8 Å². The average Bonchev–Trinajstić information content (AvgIpc) is 2.88. The van der Waals surface area contributed by atoms with Crippen molar-refractivity contribution < 1.29 is 9.84 Å². The molecular formula is C19H21ClN2O2. The molecule has 24 heavy (non-hydrogen) atoms. The van der Waals surface area contributed by atoms with Gasteiger partial charge in [-0.3, -0.25) is 0 Å². The third kappa shape index (κ3) is 3.25. The van der Waals surface area contributed by atoms with Crippen LogP contribution >= 0.6 is 11.6 Å². The maximum Gasteiger partial charge on any atom is 0.138 e. The molecule has 1 unspecified atom stereocenters. The fourth-order valence-electron chi connectivity index (χ4n) is 2.76. The van der Waals surface area contributed by atoms with Crippen molar-refractivity contribution >= 4 is 22.6 Å². The zero-order valence-corrected chi connectivity index (χ0v) is 14.8. The molecule has 2 aromatic carbocycles. The van der Waals surface area contributed by atoms with Crippen molar-refractivity contribution in [1.29, 1.82) is 0 Å². The van der Waals surface area contributed by atoms with E-state index in [1.165, 1.54) is 11.1 Å². The van der Waals surface area contributed by atoms with Gasteiger partial charge in [-0.1, -0.05) is 23.7 Å². The minimum Gasteiger partial charge on any atom is -0.490 e. The Morgan fingerprint density at radius 1 is 1.21 bits per heavy atom. The molecule has 0 fully saturated rings. The van der Waals surface area contributed by atoms with Crippen LogP contribution in [0.2, 0.25) is 5.02 Å². The lowest BCUT2D eigenvalue weighted by atomic mass is 10.1. The highest BCUT2D eigenvalue weighted by molar-refractivity contribution is 6.32. The number of imidazole rings is 1. The number of halogens is 1. The molecule has 0 aliphatic heterocycles. The largest absolute Gasteiger partial charge is 0.490 e. The quantitative estimate of drug-likeness (QED) is 0.744. The number of hydrogen-bond acceptors (Lipinski definition) is 3. The molecule has 0 spiro atoms. The highest BCUT2D eigenvalue weighted by atomic mass is 35.5. The number of aliphatic hydroxyl groups excluding tert-OH is 1. The third-order valence-corrected chi connectivity index (χ3v) is 4.49. The van der Waals surface area contributed by atoms with Crippen LogP contribution in [-0.4, -0.2) is 21.3 Å². The number of para-hydroxylation sites is 1. The molecule has 126 valence electrons. The Hall–Kier alpha value is -2.04. The van der Waals surface area contributed by atoms with Crippen LogP contribution in [0.5, 0.6) is 5.75 Å². The number of ether oxygens (including phenoxy) is 1. The van der Waals surface area contributed by atoms with Gasteiger partial charge in [-0.2, -0.15) is 0 Å². The van der Waals surface area contributed by atoms with E-state index in [1.54, 1.807) is 13.0 Å². The predicted octanol–water partition coefficient (Wildman–Crippen LogP) is 4.44. The molecule has 0 bridgehead atoms. The van der Waals surface area contributed by atoms with Gasteiger partial charge in [0.05, 0.1) is 22.6 Å². The van der Waals surface area contributed by atoms with Gasteiger partial charge in [0.25, 0.3) is 0 Å². The maximum atomic E-state index is 10.1. The summed E-state index contributed by atoms with van der Waals surface area (Å²) in [5.41, 5.74) is 4.30. The molecule has 1 N–H and O–H groups in total. The van der Waals surface area contributed by atoms with E-state index in [2.05, 4.69) is 31.0 Å². The highest BCUT2D eigenvalue weighted by Crippen LogP contribution is 2.25. The minimum absolute atomic E-state index is 0.446. The van der Waals surface area contributed by atoms with Crippen molar-refractivity contribution in [3.8, 4) is 5.75 Å². The number of benzene rings is 2. The van der Waals surface area contributed by atoms with Gasteiger partial charge in [-0.25, -0.2) is 4.98 Å². The average molecular weight is 345 g/mol. The normalized spacial score (nSPS) is 12.5. The SMILES string of the molecule is Cc1cc2nc(C(C)O)n(CCOc3ccccc3Cl)c2cc1C. The lowest BCUT2D eigenvalue weighted by Crippen LogP contribution is -2.13. The zero-order valence-electron chi connectivity index (χ0n) is 14.1. The van der Waals surface area contributed by atoms with E-state index in [-0.39, 0.29) is 0 Å². The van der Waals surface area contributed by atoms with E-state index < -0.39 is 6.10 Å². The number of aliphatic hydroxyl groups is 1. The Balaban J connectivity index is 1.88. The van der Waals surface area contributed by atoms with Gasteiger partial charge in [-0.05, 0) is 56.2 Å². The Labute approximate surface area is 146 Å². The number of rotatable bonds is 5. The van der Waals surface area contributed by atoms with E-state index in [9.17, 15) is 5.11 Å². The molecule has 3 aromatic rings. The predicted molar refractivity (Wildman–Crippen MR) is 96.8 cm³/mol. The Morgan fingerprint density at radius 3 is 2.62 bits per heavy atom. The summed E-state index contributed by atoms with van der Waals surface area (Å²) in [4.78, 5) is 4.59. The van der Waals surface area contributed by atoms with Crippen molar-refractivity contribution in [2.24, 2.45) is 0 Å². The molecule has 0 amide bonds. The number of fused-ring (bicyclic) bond motifs is 1. The first-order chi connectivity index (χ1) is 11.5. The molecule has 1 atom stereocenters. The lowest BCUT2D eigenvalue weighted by molar-refractivity contribution is 0.181. The zero-order chi connectivity index (χ0) is 17.3. The van der Waals surface area contributed by atoms with Crippen LogP contribution in [0.4, 0.5) is 0 Å². The fraction of sp³-hybridized carbons (Fsp3) is 0.316. The molecule has 0 saturated heterocycles. The smallest absolute Gasteiger partial charge is 0.138 e. The van der Waals surface area contributed by atoms with Crippen LogP contribution < -0.4 is 4.74 Å². The van der Waals surface area contributed by atoms with E-state index in [0.29, 0.717) is 29.7 Å². The minimum atomic E-state index is -0.640. The third-order valence-electron chi connectivity index (χ3n) is 4.18. The van der Waals surface area contributed by atoms with Crippen LogP contribution in [-0.2, 0) is 6.54 Å². The summed E-state index contributed by atoms with van der Waals surface area (Å²) in [6.45, 7) is 6.91. The van der Waals surface area contributed by atoms with Crippen molar-refractivity contribution in [3.05, 3.63) is 58.4 Å². The molecule has 0 saturated carbocycles. The van der Waals surface area contributed by atoms with Crippen LogP contribution in [0.1, 0.15) is 30.0 Å². The monoisotopic (exact) mass is 344 g/mol. The van der Waals surface area contributed by atoms with Gasteiger partial charge in [-0.15, -0.1) is 0 Å². The molecular weight excluding hydrogens is 324 g/mol. The van der Waals surface area contributed by atoms with Crippen molar-refractivity contribution in [1.82, 2.24) is 9.55 Å². The van der Waals surface area contributed by atoms with Crippen molar-refractivity contribution in [2.75, 3.05) is 6.61 Å². The standard InChI is InChI=1S/C19H21ClN2O2/c1-12-10-16-17(11-13(12)2)22(19(21-16)14(3)23)8-9-24-18-7-5-4-6-15(18)20/h4-7,10-11,14,23H,8-9H2,1-3H3. The summed E-state index contributed by atoms with van der Waals surface area (Å²) in [7, 11) is 0. The second-order valence-electron chi connectivity index (χ2n) is 6.00. The number of aromatic nitrogens is 2. The molecule has 5 heteroatoms. The summed E-state index contributed by atoms with van der Waals surface area (Å²) < 4.78 is 7.80. The molecule has 0 aliphatic carbocycles. The van der Waals surface area contributed by atoms with Gasteiger partial charge < -0.3 is 14.4 Å². The topological polar surface area (TPSA) is 47.3 Å². The second kappa shape index (κ2) is 6.83. The van der Waals surface area contributed by atoms with Crippen molar-refractivity contribution in [3.63, 3.8) is 0 Å². The molecule has 3 rings (SSSR count). The van der Waals surface area contributed by atoms with Gasteiger partial charge in [0.2, 0.25) is 0 Å². The first-order valence-corrected chi connectivity index (χ1v) is 8.38. The Bertz CT molecular complexity index is 871. The first kappa shape index (κ1) is 16.8. The van der Waals surface area contributed by atoms with Crippen LogP contribution in [0.15, 0.2) is 36.4 Å². The fourth-order valence-corrected chi connectivity index (χ4v) is 2.95. The summed E-state index contributed by atoms with van der Waals surface area (Å²) in [5.74, 6) is 1.31. The summed E-state index contributed by atoms with van der Waals surface area (Å²) in [6, 6.07) is 11.6. The first-order valence-electron chi connectivity index (χ1n) is 8.00. The molecule has 0 aliphatic rings. The number of hydrogen-bond donors (Lipinski definition) is 1. The van der Waals surface area contributed by atoms with Gasteiger partial charge in [0, 0.05) is 0 Å². The lowest BCUT2D eigenvalue weighted by Gasteiger charge is -2.13. The summed E-state index contributed by atoms with van der Waals surface area (Å²) in [6.07, 6.45) is -0.640. The molecule has 0 radical (unpaired) electrons. The van der Waals surface area contributed by atoms with E-state index in [4.69, 9.17) is 16.3 Å². The molecule has 1 heterocycles. The number of aryl methyl sites for hydroxylation is 2. The molecule has 1 aromatic heterocycles. The van der Waals surface area contributed by atoms with Gasteiger partial charge in [0.15, 0.2) is 0 Å². The molecule has 4 nitrogen and oxygen atoms in total. The summed E-state index contributed by atoms with van der Waals surface area (Å²) >= 11 is 6.12. The highest BCUT2D eigenvalue weighted by Gasteiger charge is 2.15. The van der Waals surface area contributed by atoms with E-state index in [1.807, 2.05) is 22.8 Å². The van der Waals surface area contributed by atoms with Gasteiger partial charge in [0.1, 0.15) is 24.3 Å². The van der Waals surface area contributed by atoms with Crippen LogP contribution in [0.3, 0.4) is 0 Å². The summed E-state index contributed by atoms with van der Waals surface area (Å²) in [5, 5.41) is 10.7. The maximum absolute atomic E-state index is 10.1. The Morgan fingerprint density at radius 2 is 1.92 bits per heavy atom. The second-order valence-corrected chi connectivity index (χ2v) is 6.41. The van der Waals surface area contributed by atoms with E-state index in [0.717, 1.165) is 11.0 Å². The van der Waals surface area contributed by atoms with E-state index >= 15 is 0 Å². The van der Waals surface area contributed by atoms with Crippen LogP contribution in [0.25, 0.3) is 11.0 Å². The Kier molecular flexibility index (Phi) is 4.78. The van der Waals surface area contributed by atoms with Crippen molar-refractivity contribution in [2.45, 2.75) is 33.4 Å². The van der Waals surface area contributed by atoms with Gasteiger partial charge >= 0.3 is 0 Å². The number of nitrogens with zero attached hydrogens (tertiary/aromatic N) is 2.